The molecule has 1 rings (SSSR count). The molecule has 1 aromatic heterocycles. The van der Waals surface area contributed by atoms with Crippen LogP contribution in [0.15, 0.2) is 5.51 Å². The molecule has 0 aliphatic carbocycles. The number of rotatable bonds is 11. The minimum atomic E-state index is -0.495. The molecule has 5 nitrogen and oxygen atoms in total. The Kier molecular flexibility index (Phi) is 9.03. The molecule has 0 radical (unpaired) electrons. The van der Waals surface area contributed by atoms with Crippen molar-refractivity contribution < 1.29 is 14.6 Å². The van der Waals surface area contributed by atoms with E-state index in [4.69, 9.17) is 9.47 Å². The SMILES string of the molecule is COCC(NCC(O)COCCc1scnc1C)C(C)C. The Hall–Kier alpha value is -0.530. The maximum Gasteiger partial charge on any atom is 0.0897 e. The van der Waals surface area contributed by atoms with Crippen LogP contribution < -0.4 is 5.32 Å². The van der Waals surface area contributed by atoms with Gasteiger partial charge in [-0.05, 0) is 12.8 Å². The molecule has 0 saturated carbocycles. The van der Waals surface area contributed by atoms with Crippen molar-refractivity contribution in [3.8, 4) is 0 Å². The fourth-order valence-electron chi connectivity index (χ4n) is 1.96. The average Bonchev–Trinajstić information content (AvgIpc) is 2.84. The summed E-state index contributed by atoms with van der Waals surface area (Å²) in [7, 11) is 1.69. The predicted octanol–water partition coefficient (Wildman–Crippen LogP) is 1.63. The van der Waals surface area contributed by atoms with Crippen molar-refractivity contribution in [2.75, 3.05) is 33.5 Å². The molecular weight excluding hydrogens is 288 g/mol. The van der Waals surface area contributed by atoms with Gasteiger partial charge in [0.15, 0.2) is 0 Å². The monoisotopic (exact) mass is 316 g/mol. The number of hydrogen-bond acceptors (Lipinski definition) is 6. The first-order chi connectivity index (χ1) is 10.0. The molecule has 0 saturated heterocycles. The van der Waals surface area contributed by atoms with Crippen LogP contribution in [-0.4, -0.2) is 55.7 Å². The Morgan fingerprint density at radius 3 is 2.71 bits per heavy atom. The first kappa shape index (κ1) is 18.5. The maximum atomic E-state index is 9.92. The number of aliphatic hydroxyl groups excluding tert-OH is 1. The van der Waals surface area contributed by atoms with E-state index in [1.807, 2.05) is 12.4 Å². The van der Waals surface area contributed by atoms with Gasteiger partial charge >= 0.3 is 0 Å². The summed E-state index contributed by atoms with van der Waals surface area (Å²) >= 11 is 1.65. The van der Waals surface area contributed by atoms with Gasteiger partial charge in [0.05, 0.1) is 37.1 Å². The highest BCUT2D eigenvalue weighted by molar-refractivity contribution is 7.09. The number of nitrogens with zero attached hydrogens (tertiary/aromatic N) is 1. The van der Waals surface area contributed by atoms with Crippen molar-refractivity contribution in [2.45, 2.75) is 39.3 Å². The van der Waals surface area contributed by atoms with Gasteiger partial charge < -0.3 is 19.9 Å². The van der Waals surface area contributed by atoms with E-state index in [2.05, 4.69) is 24.1 Å². The molecule has 21 heavy (non-hydrogen) atoms. The van der Waals surface area contributed by atoms with E-state index in [-0.39, 0.29) is 6.04 Å². The number of ether oxygens (including phenoxy) is 2. The fraction of sp³-hybridized carbons (Fsp3) is 0.800. The summed E-state index contributed by atoms with van der Waals surface area (Å²) in [5.74, 6) is 0.465. The first-order valence-electron chi connectivity index (χ1n) is 7.41. The molecule has 122 valence electrons. The lowest BCUT2D eigenvalue weighted by Crippen LogP contribution is -2.42. The van der Waals surface area contributed by atoms with E-state index < -0.39 is 6.10 Å². The number of aryl methyl sites for hydroxylation is 1. The van der Waals surface area contributed by atoms with Crippen LogP contribution in [0, 0.1) is 12.8 Å². The number of hydrogen-bond donors (Lipinski definition) is 2. The van der Waals surface area contributed by atoms with Crippen molar-refractivity contribution >= 4 is 11.3 Å². The molecule has 2 atom stereocenters. The van der Waals surface area contributed by atoms with Crippen LogP contribution in [0.25, 0.3) is 0 Å². The van der Waals surface area contributed by atoms with Gasteiger partial charge in [-0.1, -0.05) is 13.8 Å². The maximum absolute atomic E-state index is 9.92. The Morgan fingerprint density at radius 1 is 1.38 bits per heavy atom. The van der Waals surface area contributed by atoms with E-state index in [1.165, 1.54) is 4.88 Å². The molecule has 0 fully saturated rings. The number of aliphatic hydroxyl groups is 1. The van der Waals surface area contributed by atoms with Crippen LogP contribution in [0.1, 0.15) is 24.4 Å². The van der Waals surface area contributed by atoms with E-state index >= 15 is 0 Å². The van der Waals surface area contributed by atoms with Gasteiger partial charge in [0.1, 0.15) is 0 Å². The molecule has 0 amide bonds. The van der Waals surface area contributed by atoms with Crippen molar-refractivity contribution in [2.24, 2.45) is 5.92 Å². The molecule has 2 unspecified atom stereocenters. The molecule has 0 aliphatic heterocycles. The Bertz CT molecular complexity index is 385. The van der Waals surface area contributed by atoms with Crippen LogP contribution in [-0.2, 0) is 15.9 Å². The Morgan fingerprint density at radius 2 is 2.14 bits per heavy atom. The summed E-state index contributed by atoms with van der Waals surface area (Å²) in [4.78, 5) is 5.46. The summed E-state index contributed by atoms with van der Waals surface area (Å²) < 4.78 is 10.7. The molecule has 2 N–H and O–H groups in total. The molecular formula is C15H28N2O3S. The molecule has 0 aliphatic rings. The topological polar surface area (TPSA) is 63.6 Å². The lowest BCUT2D eigenvalue weighted by Gasteiger charge is -2.23. The molecule has 0 aromatic carbocycles. The number of methoxy groups -OCH3 is 1. The second-order valence-corrected chi connectivity index (χ2v) is 6.49. The summed E-state index contributed by atoms with van der Waals surface area (Å²) in [5, 5.41) is 13.2. The zero-order chi connectivity index (χ0) is 15.7. The third-order valence-electron chi connectivity index (χ3n) is 3.40. The lowest BCUT2D eigenvalue weighted by atomic mass is 10.1. The van der Waals surface area contributed by atoms with Crippen molar-refractivity contribution in [1.82, 2.24) is 10.3 Å². The molecule has 1 aromatic rings. The highest BCUT2D eigenvalue weighted by Gasteiger charge is 2.14. The largest absolute Gasteiger partial charge is 0.389 e. The van der Waals surface area contributed by atoms with Gasteiger partial charge in [-0.3, -0.25) is 0 Å². The van der Waals surface area contributed by atoms with Crippen LogP contribution in [0.4, 0.5) is 0 Å². The van der Waals surface area contributed by atoms with Gasteiger partial charge in [-0.25, -0.2) is 4.98 Å². The highest BCUT2D eigenvalue weighted by atomic mass is 32.1. The van der Waals surface area contributed by atoms with Crippen molar-refractivity contribution in [3.05, 3.63) is 16.1 Å². The van der Waals surface area contributed by atoms with Crippen LogP contribution in [0.3, 0.4) is 0 Å². The van der Waals surface area contributed by atoms with Gasteiger partial charge in [0, 0.05) is 31.0 Å². The quantitative estimate of drug-likeness (QED) is 0.608. The second-order valence-electron chi connectivity index (χ2n) is 5.55. The van der Waals surface area contributed by atoms with E-state index in [1.54, 1.807) is 18.4 Å². The average molecular weight is 316 g/mol. The van der Waals surface area contributed by atoms with Crippen LogP contribution in [0.2, 0.25) is 0 Å². The molecule has 1 heterocycles. The van der Waals surface area contributed by atoms with E-state index in [0.717, 1.165) is 12.1 Å². The predicted molar refractivity (Wildman–Crippen MR) is 85.9 cm³/mol. The van der Waals surface area contributed by atoms with Gasteiger partial charge in [0.25, 0.3) is 0 Å². The third-order valence-corrected chi connectivity index (χ3v) is 4.39. The highest BCUT2D eigenvalue weighted by Crippen LogP contribution is 2.12. The summed E-state index contributed by atoms with van der Waals surface area (Å²) in [6.45, 7) is 8.41. The minimum Gasteiger partial charge on any atom is -0.389 e. The first-order valence-corrected chi connectivity index (χ1v) is 8.29. The van der Waals surface area contributed by atoms with Gasteiger partial charge in [-0.15, -0.1) is 11.3 Å². The summed E-state index contributed by atoms with van der Waals surface area (Å²) in [6, 6.07) is 0.254. The summed E-state index contributed by atoms with van der Waals surface area (Å²) in [6.07, 6.45) is 0.361. The Labute approximate surface area is 131 Å². The van der Waals surface area contributed by atoms with Crippen molar-refractivity contribution in [1.29, 1.82) is 0 Å². The standard InChI is InChI=1S/C15H28N2O3S/c1-11(2)14(9-19-4)16-7-13(18)8-20-6-5-15-12(3)17-10-21-15/h10-11,13-14,16,18H,5-9H2,1-4H3. The normalized spacial score (nSPS) is 14.6. The van der Waals surface area contributed by atoms with Gasteiger partial charge in [0.2, 0.25) is 0 Å². The molecule has 0 bridgehead atoms. The zero-order valence-corrected chi connectivity index (χ0v) is 14.3. The number of thiazole rings is 1. The van der Waals surface area contributed by atoms with E-state index in [0.29, 0.717) is 32.3 Å². The van der Waals surface area contributed by atoms with E-state index in [9.17, 15) is 5.11 Å². The molecule has 6 heteroatoms. The van der Waals surface area contributed by atoms with Crippen LogP contribution in [0.5, 0.6) is 0 Å². The number of nitrogens with one attached hydrogen (secondary N) is 1. The second kappa shape index (κ2) is 10.2. The lowest BCUT2D eigenvalue weighted by molar-refractivity contribution is 0.0335. The van der Waals surface area contributed by atoms with Crippen LogP contribution >= 0.6 is 11.3 Å². The molecule has 0 spiro atoms. The van der Waals surface area contributed by atoms with Crippen molar-refractivity contribution in [3.63, 3.8) is 0 Å². The Balaban J connectivity index is 2.13. The smallest absolute Gasteiger partial charge is 0.0897 e. The van der Waals surface area contributed by atoms with Gasteiger partial charge in [-0.2, -0.15) is 0 Å². The number of aromatic nitrogens is 1. The summed E-state index contributed by atoms with van der Waals surface area (Å²) in [5.41, 5.74) is 2.93. The fourth-order valence-corrected chi connectivity index (χ4v) is 2.73. The minimum absolute atomic E-state index is 0.254. The zero-order valence-electron chi connectivity index (χ0n) is 13.5. The third kappa shape index (κ3) is 7.33.